The van der Waals surface area contributed by atoms with E-state index >= 15 is 0 Å². The first-order valence-electron chi connectivity index (χ1n) is 4.32. The summed E-state index contributed by atoms with van der Waals surface area (Å²) in [4.78, 5) is 0. The van der Waals surface area contributed by atoms with Gasteiger partial charge in [-0.3, -0.25) is 0 Å². The van der Waals surface area contributed by atoms with Crippen molar-refractivity contribution < 1.29 is 4.74 Å². The molecule has 0 saturated carbocycles. The quantitative estimate of drug-likeness (QED) is 0.636. The fraction of sp³-hybridized carbons (Fsp3) is 1.00. The van der Waals surface area contributed by atoms with Crippen LogP contribution in [0.15, 0.2) is 0 Å². The minimum Gasteiger partial charge on any atom is -0.385 e. The van der Waals surface area contributed by atoms with E-state index in [-0.39, 0.29) is 0 Å². The number of hydrogen-bond donors (Lipinski definition) is 1. The van der Waals surface area contributed by atoms with Gasteiger partial charge in [0.1, 0.15) is 0 Å². The molecule has 0 aliphatic carbocycles. The molecule has 0 heterocycles. The van der Waals surface area contributed by atoms with Crippen molar-refractivity contribution in [1.82, 2.24) is 5.32 Å². The Kier molecular flexibility index (Phi) is 5.51. The van der Waals surface area contributed by atoms with Gasteiger partial charge in [-0.25, -0.2) is 0 Å². The summed E-state index contributed by atoms with van der Waals surface area (Å²) >= 11 is 0. The molecule has 0 aromatic rings. The van der Waals surface area contributed by atoms with E-state index in [9.17, 15) is 0 Å². The highest BCUT2D eigenvalue weighted by Gasteiger charge is 2.19. The van der Waals surface area contributed by atoms with Crippen LogP contribution in [0.4, 0.5) is 0 Å². The standard InChI is InChI=1S/C9H21NO/c1-5-9(2,8-10-3)6-7-11-4/h10H,5-8H2,1-4H3. The van der Waals surface area contributed by atoms with Crippen LogP contribution in [-0.2, 0) is 4.74 Å². The minimum absolute atomic E-state index is 0.408. The van der Waals surface area contributed by atoms with Gasteiger partial charge in [-0.2, -0.15) is 0 Å². The fourth-order valence-corrected chi connectivity index (χ4v) is 1.17. The van der Waals surface area contributed by atoms with E-state index in [2.05, 4.69) is 19.2 Å². The Morgan fingerprint density at radius 3 is 2.45 bits per heavy atom. The van der Waals surface area contributed by atoms with Crippen molar-refractivity contribution in [2.45, 2.75) is 26.7 Å². The largest absolute Gasteiger partial charge is 0.385 e. The average Bonchev–Trinajstić information content (AvgIpc) is 2.02. The van der Waals surface area contributed by atoms with E-state index in [1.165, 1.54) is 6.42 Å². The molecule has 0 amide bonds. The molecule has 68 valence electrons. The maximum atomic E-state index is 5.06. The van der Waals surface area contributed by atoms with Crippen LogP contribution in [0.25, 0.3) is 0 Å². The smallest absolute Gasteiger partial charge is 0.0467 e. The minimum atomic E-state index is 0.408. The molecule has 0 aliphatic rings. The summed E-state index contributed by atoms with van der Waals surface area (Å²) in [6.45, 7) is 6.47. The van der Waals surface area contributed by atoms with Gasteiger partial charge in [0.25, 0.3) is 0 Å². The zero-order chi connectivity index (χ0) is 8.74. The van der Waals surface area contributed by atoms with Crippen LogP contribution >= 0.6 is 0 Å². The predicted molar refractivity (Wildman–Crippen MR) is 48.8 cm³/mol. The van der Waals surface area contributed by atoms with Crippen LogP contribution < -0.4 is 5.32 Å². The summed E-state index contributed by atoms with van der Waals surface area (Å²) in [6.07, 6.45) is 2.35. The summed E-state index contributed by atoms with van der Waals surface area (Å²) in [5, 5.41) is 3.21. The second-order valence-electron chi connectivity index (χ2n) is 3.44. The van der Waals surface area contributed by atoms with E-state index in [0.717, 1.165) is 19.6 Å². The average molecular weight is 159 g/mol. The number of ether oxygens (including phenoxy) is 1. The lowest BCUT2D eigenvalue weighted by atomic mass is 9.84. The Bertz CT molecular complexity index is 95.6. The molecule has 0 saturated heterocycles. The van der Waals surface area contributed by atoms with Crippen molar-refractivity contribution >= 4 is 0 Å². The van der Waals surface area contributed by atoms with Crippen LogP contribution in [0, 0.1) is 5.41 Å². The molecule has 1 unspecified atom stereocenters. The van der Waals surface area contributed by atoms with Crippen molar-refractivity contribution in [3.05, 3.63) is 0 Å². The first-order valence-corrected chi connectivity index (χ1v) is 4.32. The van der Waals surface area contributed by atoms with E-state index in [1.807, 2.05) is 7.05 Å². The van der Waals surface area contributed by atoms with Crippen molar-refractivity contribution in [3.8, 4) is 0 Å². The van der Waals surface area contributed by atoms with Gasteiger partial charge in [-0.1, -0.05) is 13.8 Å². The van der Waals surface area contributed by atoms with Crippen molar-refractivity contribution in [2.75, 3.05) is 27.3 Å². The fourth-order valence-electron chi connectivity index (χ4n) is 1.17. The number of methoxy groups -OCH3 is 1. The van der Waals surface area contributed by atoms with Gasteiger partial charge in [0.2, 0.25) is 0 Å². The first kappa shape index (κ1) is 10.9. The highest BCUT2D eigenvalue weighted by molar-refractivity contribution is 4.74. The molecule has 2 heteroatoms. The lowest BCUT2D eigenvalue weighted by Gasteiger charge is -2.27. The first-order chi connectivity index (χ1) is 5.18. The van der Waals surface area contributed by atoms with E-state index in [1.54, 1.807) is 7.11 Å². The molecule has 0 aromatic heterocycles. The van der Waals surface area contributed by atoms with Crippen LogP contribution in [0.1, 0.15) is 26.7 Å². The van der Waals surface area contributed by atoms with Crippen molar-refractivity contribution in [2.24, 2.45) is 5.41 Å². The lowest BCUT2D eigenvalue weighted by Crippen LogP contribution is -2.30. The summed E-state index contributed by atoms with van der Waals surface area (Å²) in [6, 6.07) is 0. The van der Waals surface area contributed by atoms with E-state index < -0.39 is 0 Å². The van der Waals surface area contributed by atoms with Gasteiger partial charge in [-0.05, 0) is 25.3 Å². The van der Waals surface area contributed by atoms with Gasteiger partial charge >= 0.3 is 0 Å². The molecule has 1 N–H and O–H groups in total. The normalized spacial score (nSPS) is 16.4. The third-order valence-electron chi connectivity index (χ3n) is 2.37. The number of nitrogens with one attached hydrogen (secondary N) is 1. The second-order valence-corrected chi connectivity index (χ2v) is 3.44. The monoisotopic (exact) mass is 159 g/mol. The van der Waals surface area contributed by atoms with Gasteiger partial charge in [0.15, 0.2) is 0 Å². The Labute approximate surface area is 70.3 Å². The molecule has 0 bridgehead atoms. The third kappa shape index (κ3) is 4.38. The lowest BCUT2D eigenvalue weighted by molar-refractivity contribution is 0.141. The summed E-state index contributed by atoms with van der Waals surface area (Å²) in [5.41, 5.74) is 0.408. The van der Waals surface area contributed by atoms with Gasteiger partial charge < -0.3 is 10.1 Å². The molecule has 0 spiro atoms. The second kappa shape index (κ2) is 5.56. The number of hydrogen-bond acceptors (Lipinski definition) is 2. The SMILES string of the molecule is CCC(C)(CCOC)CNC. The molecular formula is C9H21NO. The van der Waals surface area contributed by atoms with Crippen LogP contribution in [0.2, 0.25) is 0 Å². The van der Waals surface area contributed by atoms with E-state index in [4.69, 9.17) is 4.74 Å². The summed E-state index contributed by atoms with van der Waals surface area (Å²) in [5.74, 6) is 0. The molecule has 11 heavy (non-hydrogen) atoms. The molecule has 0 aromatic carbocycles. The summed E-state index contributed by atoms with van der Waals surface area (Å²) in [7, 11) is 3.76. The van der Waals surface area contributed by atoms with Crippen LogP contribution in [0.3, 0.4) is 0 Å². The molecule has 0 radical (unpaired) electrons. The Morgan fingerprint density at radius 2 is 2.09 bits per heavy atom. The van der Waals surface area contributed by atoms with Gasteiger partial charge in [-0.15, -0.1) is 0 Å². The molecule has 0 fully saturated rings. The van der Waals surface area contributed by atoms with Crippen molar-refractivity contribution in [1.29, 1.82) is 0 Å². The molecule has 1 atom stereocenters. The van der Waals surface area contributed by atoms with Gasteiger partial charge in [0, 0.05) is 20.3 Å². The molecule has 0 aliphatic heterocycles. The summed E-state index contributed by atoms with van der Waals surface area (Å²) < 4.78 is 5.06. The van der Waals surface area contributed by atoms with Crippen LogP contribution in [-0.4, -0.2) is 27.3 Å². The molecule has 2 nitrogen and oxygen atoms in total. The molecule has 0 rings (SSSR count). The van der Waals surface area contributed by atoms with Crippen LogP contribution in [0.5, 0.6) is 0 Å². The zero-order valence-electron chi connectivity index (χ0n) is 8.24. The zero-order valence-corrected chi connectivity index (χ0v) is 8.24. The third-order valence-corrected chi connectivity index (χ3v) is 2.37. The van der Waals surface area contributed by atoms with Crippen molar-refractivity contribution in [3.63, 3.8) is 0 Å². The van der Waals surface area contributed by atoms with Gasteiger partial charge in [0.05, 0.1) is 0 Å². The predicted octanol–water partition coefficient (Wildman–Crippen LogP) is 1.66. The highest BCUT2D eigenvalue weighted by Crippen LogP contribution is 2.24. The Balaban J connectivity index is 3.68. The van der Waals surface area contributed by atoms with E-state index in [0.29, 0.717) is 5.41 Å². The maximum absolute atomic E-state index is 5.06. The topological polar surface area (TPSA) is 21.3 Å². The highest BCUT2D eigenvalue weighted by atomic mass is 16.5. The Hall–Kier alpha value is -0.0800. The maximum Gasteiger partial charge on any atom is 0.0467 e. The number of rotatable bonds is 6. The molecular weight excluding hydrogens is 138 g/mol. The Morgan fingerprint density at radius 1 is 1.45 bits per heavy atom.